The Balaban J connectivity index is 2.17. The first-order chi connectivity index (χ1) is 7.22. The maximum Gasteiger partial charge on any atom is 0.274 e. The minimum atomic E-state index is 0.00593. The van der Waals surface area contributed by atoms with E-state index in [4.69, 9.17) is 5.73 Å². The normalized spacial score (nSPS) is 15.9. The smallest absolute Gasteiger partial charge is 0.274 e. The first-order valence-electron chi connectivity index (χ1n) is 5.35. The van der Waals surface area contributed by atoms with Crippen molar-refractivity contribution in [1.82, 2.24) is 14.7 Å². The molecule has 1 aromatic rings. The lowest BCUT2D eigenvalue weighted by atomic mass is 10.3. The third-order valence-corrected chi connectivity index (χ3v) is 2.72. The van der Waals surface area contributed by atoms with Crippen LogP contribution >= 0.6 is 0 Å². The molecule has 2 N–H and O–H groups in total. The van der Waals surface area contributed by atoms with Gasteiger partial charge in [-0.2, -0.15) is 5.10 Å². The number of rotatable bonds is 2. The van der Waals surface area contributed by atoms with Crippen LogP contribution in [0.25, 0.3) is 0 Å². The predicted molar refractivity (Wildman–Crippen MR) is 57.5 cm³/mol. The van der Waals surface area contributed by atoms with E-state index in [-0.39, 0.29) is 5.91 Å². The molecule has 15 heavy (non-hydrogen) atoms. The minimum absolute atomic E-state index is 0.00593. The van der Waals surface area contributed by atoms with Gasteiger partial charge in [0.1, 0.15) is 5.82 Å². The number of carbonyl (C=O) groups excluding carboxylic acids is 1. The van der Waals surface area contributed by atoms with Gasteiger partial charge in [-0.15, -0.1) is 0 Å². The summed E-state index contributed by atoms with van der Waals surface area (Å²) in [5, 5.41) is 4.17. The number of likely N-dealkylation sites (tertiary alicyclic amines) is 1. The maximum absolute atomic E-state index is 11.9. The number of nitrogens with two attached hydrogens (primary N) is 1. The van der Waals surface area contributed by atoms with Crippen LogP contribution < -0.4 is 5.73 Å². The minimum Gasteiger partial charge on any atom is -0.384 e. The summed E-state index contributed by atoms with van der Waals surface area (Å²) in [6.07, 6.45) is 2.19. The zero-order valence-corrected chi connectivity index (χ0v) is 8.94. The molecule has 0 aliphatic carbocycles. The van der Waals surface area contributed by atoms with E-state index in [1.165, 1.54) is 0 Å². The van der Waals surface area contributed by atoms with Crippen molar-refractivity contribution in [3.63, 3.8) is 0 Å². The van der Waals surface area contributed by atoms with Gasteiger partial charge in [0.05, 0.1) is 0 Å². The molecule has 0 bridgehead atoms. The number of hydrogen-bond acceptors (Lipinski definition) is 3. The first-order valence-corrected chi connectivity index (χ1v) is 5.35. The van der Waals surface area contributed by atoms with E-state index in [2.05, 4.69) is 5.10 Å². The Morgan fingerprint density at radius 3 is 2.73 bits per heavy atom. The molecule has 1 aliphatic heterocycles. The van der Waals surface area contributed by atoms with Crippen molar-refractivity contribution in [1.29, 1.82) is 0 Å². The van der Waals surface area contributed by atoms with Crippen LogP contribution in [0, 0.1) is 0 Å². The van der Waals surface area contributed by atoms with Crippen molar-refractivity contribution in [3.05, 3.63) is 11.8 Å². The Kier molecular flexibility index (Phi) is 2.62. The van der Waals surface area contributed by atoms with Gasteiger partial charge >= 0.3 is 0 Å². The van der Waals surface area contributed by atoms with Gasteiger partial charge in [-0.25, -0.2) is 4.68 Å². The summed E-state index contributed by atoms with van der Waals surface area (Å²) in [4.78, 5) is 13.8. The fourth-order valence-corrected chi connectivity index (χ4v) is 1.87. The molecule has 5 heteroatoms. The number of anilines is 1. The van der Waals surface area contributed by atoms with E-state index in [0.717, 1.165) is 25.9 Å². The van der Waals surface area contributed by atoms with E-state index in [1.807, 2.05) is 11.8 Å². The lowest BCUT2D eigenvalue weighted by molar-refractivity contribution is 0.0786. The highest BCUT2D eigenvalue weighted by Gasteiger charge is 2.22. The van der Waals surface area contributed by atoms with Gasteiger partial charge in [-0.3, -0.25) is 4.79 Å². The molecule has 0 atom stereocenters. The topological polar surface area (TPSA) is 64.2 Å². The van der Waals surface area contributed by atoms with E-state index < -0.39 is 0 Å². The summed E-state index contributed by atoms with van der Waals surface area (Å²) >= 11 is 0. The lowest BCUT2D eigenvalue weighted by Gasteiger charge is -2.12. The monoisotopic (exact) mass is 208 g/mol. The van der Waals surface area contributed by atoms with Gasteiger partial charge in [-0.05, 0) is 19.8 Å². The van der Waals surface area contributed by atoms with Crippen LogP contribution in [0.4, 0.5) is 5.82 Å². The van der Waals surface area contributed by atoms with E-state index in [1.54, 1.807) is 10.7 Å². The number of aromatic nitrogens is 2. The maximum atomic E-state index is 11.9. The summed E-state index contributed by atoms with van der Waals surface area (Å²) in [6, 6.07) is 1.66. The molecular weight excluding hydrogens is 192 g/mol. The van der Waals surface area contributed by atoms with Gasteiger partial charge < -0.3 is 10.6 Å². The Hall–Kier alpha value is -1.52. The van der Waals surface area contributed by atoms with E-state index in [9.17, 15) is 4.79 Å². The fourth-order valence-electron chi connectivity index (χ4n) is 1.87. The van der Waals surface area contributed by atoms with Crippen molar-refractivity contribution in [2.45, 2.75) is 26.3 Å². The van der Waals surface area contributed by atoms with Gasteiger partial charge in [0.2, 0.25) is 0 Å². The van der Waals surface area contributed by atoms with Gasteiger partial charge in [0.25, 0.3) is 5.91 Å². The molecule has 5 nitrogen and oxygen atoms in total. The molecule has 0 spiro atoms. The summed E-state index contributed by atoms with van der Waals surface area (Å²) in [6.45, 7) is 4.34. The van der Waals surface area contributed by atoms with Crippen LogP contribution in [0.5, 0.6) is 0 Å². The third-order valence-electron chi connectivity index (χ3n) is 2.72. The average Bonchev–Trinajstić information content (AvgIpc) is 2.85. The van der Waals surface area contributed by atoms with E-state index >= 15 is 0 Å². The molecule has 1 amide bonds. The molecule has 2 rings (SSSR count). The second-order valence-electron chi connectivity index (χ2n) is 3.77. The van der Waals surface area contributed by atoms with Crippen molar-refractivity contribution >= 4 is 11.7 Å². The van der Waals surface area contributed by atoms with Crippen LogP contribution in [-0.4, -0.2) is 33.7 Å². The van der Waals surface area contributed by atoms with Crippen molar-refractivity contribution in [3.8, 4) is 0 Å². The van der Waals surface area contributed by atoms with Crippen LogP contribution in [0.3, 0.4) is 0 Å². The summed E-state index contributed by atoms with van der Waals surface area (Å²) in [5.41, 5.74) is 6.19. The lowest BCUT2D eigenvalue weighted by Crippen LogP contribution is -2.28. The number of carbonyl (C=O) groups is 1. The van der Waals surface area contributed by atoms with Crippen LogP contribution in [0.1, 0.15) is 30.3 Å². The number of amides is 1. The Morgan fingerprint density at radius 1 is 1.53 bits per heavy atom. The standard InChI is InChI=1S/C10H16N4O/c1-2-14-9(11)7-8(12-14)10(15)13-5-3-4-6-13/h7H,2-6,11H2,1H3. The van der Waals surface area contributed by atoms with Crippen LogP contribution in [0.2, 0.25) is 0 Å². The highest BCUT2D eigenvalue weighted by Crippen LogP contribution is 2.14. The molecule has 0 saturated carbocycles. The van der Waals surface area contributed by atoms with Gasteiger partial charge in [0, 0.05) is 25.7 Å². The molecule has 0 radical (unpaired) electrons. The Morgan fingerprint density at radius 2 is 2.20 bits per heavy atom. The third kappa shape index (κ3) is 1.82. The Bertz CT molecular complexity index is 365. The fraction of sp³-hybridized carbons (Fsp3) is 0.600. The van der Waals surface area contributed by atoms with Crippen molar-refractivity contribution in [2.24, 2.45) is 0 Å². The molecular formula is C10H16N4O. The number of nitrogens with zero attached hydrogens (tertiary/aromatic N) is 3. The predicted octanol–water partition coefficient (Wildman–Crippen LogP) is 0.721. The summed E-state index contributed by atoms with van der Waals surface area (Å²) in [5.74, 6) is 0.562. The van der Waals surface area contributed by atoms with Gasteiger partial charge in [0.15, 0.2) is 5.69 Å². The molecule has 1 fully saturated rings. The zero-order valence-electron chi connectivity index (χ0n) is 8.94. The second kappa shape index (κ2) is 3.92. The van der Waals surface area contributed by atoms with Gasteiger partial charge in [-0.1, -0.05) is 0 Å². The SMILES string of the molecule is CCn1nc(C(=O)N2CCCC2)cc1N. The first kappa shape index (κ1) is 10.0. The van der Waals surface area contributed by atoms with E-state index in [0.29, 0.717) is 18.1 Å². The van der Waals surface area contributed by atoms with Crippen molar-refractivity contribution < 1.29 is 4.79 Å². The second-order valence-corrected chi connectivity index (χ2v) is 3.77. The molecule has 82 valence electrons. The summed E-state index contributed by atoms with van der Waals surface area (Å²) in [7, 11) is 0. The highest BCUT2D eigenvalue weighted by molar-refractivity contribution is 5.93. The number of hydrogen-bond donors (Lipinski definition) is 1. The molecule has 1 aromatic heterocycles. The van der Waals surface area contributed by atoms with Crippen LogP contribution in [-0.2, 0) is 6.54 Å². The van der Waals surface area contributed by atoms with Crippen LogP contribution in [0.15, 0.2) is 6.07 Å². The number of aryl methyl sites for hydroxylation is 1. The largest absolute Gasteiger partial charge is 0.384 e. The zero-order chi connectivity index (χ0) is 10.8. The molecule has 0 aromatic carbocycles. The Labute approximate surface area is 88.8 Å². The molecule has 1 saturated heterocycles. The highest BCUT2D eigenvalue weighted by atomic mass is 16.2. The molecule has 1 aliphatic rings. The van der Waals surface area contributed by atoms with Crippen molar-refractivity contribution in [2.75, 3.05) is 18.8 Å². The molecule has 2 heterocycles. The number of nitrogen functional groups attached to an aromatic ring is 1. The average molecular weight is 208 g/mol. The quantitative estimate of drug-likeness (QED) is 0.779. The molecule has 0 unspecified atom stereocenters. The summed E-state index contributed by atoms with van der Waals surface area (Å²) < 4.78 is 1.64.